The highest BCUT2D eigenvalue weighted by Gasteiger charge is 2.28. The van der Waals surface area contributed by atoms with Crippen molar-refractivity contribution in [2.75, 3.05) is 13.2 Å². The van der Waals surface area contributed by atoms with Gasteiger partial charge in [-0.2, -0.15) is 0 Å². The van der Waals surface area contributed by atoms with Crippen LogP contribution in [-0.2, 0) is 13.0 Å². The van der Waals surface area contributed by atoms with Crippen LogP contribution in [-0.4, -0.2) is 28.1 Å². The van der Waals surface area contributed by atoms with Crippen molar-refractivity contribution in [1.29, 1.82) is 0 Å². The average Bonchev–Trinajstić information content (AvgIpc) is 3.33. The van der Waals surface area contributed by atoms with Gasteiger partial charge in [0.1, 0.15) is 6.26 Å². The van der Waals surface area contributed by atoms with E-state index in [0.29, 0.717) is 11.9 Å². The number of oxazole rings is 1. The molecule has 134 valence electrons. The Hall–Kier alpha value is -2.43. The second-order valence-corrected chi connectivity index (χ2v) is 6.81. The molecule has 0 bridgehead atoms. The fraction of sp³-hybridized carbons (Fsp3) is 0.318. The van der Waals surface area contributed by atoms with E-state index in [-0.39, 0.29) is 6.61 Å². The van der Waals surface area contributed by atoms with Crippen LogP contribution in [0.3, 0.4) is 0 Å². The minimum absolute atomic E-state index is 0.207. The second kappa shape index (κ2) is 7.85. The summed E-state index contributed by atoms with van der Waals surface area (Å²) in [5, 5.41) is 9.31. The van der Waals surface area contributed by atoms with Gasteiger partial charge >= 0.3 is 0 Å². The smallest absolute Gasteiger partial charge is 0.226 e. The number of hydrogen-bond donors (Lipinski definition) is 1. The van der Waals surface area contributed by atoms with E-state index >= 15 is 0 Å². The Balaban J connectivity index is 1.54. The first-order valence-electron chi connectivity index (χ1n) is 9.27. The lowest BCUT2D eigenvalue weighted by Gasteiger charge is -2.28. The monoisotopic (exact) mass is 348 g/mol. The highest BCUT2D eigenvalue weighted by atomic mass is 16.3. The van der Waals surface area contributed by atoms with E-state index in [9.17, 15) is 5.11 Å². The molecule has 1 N–H and O–H groups in total. The van der Waals surface area contributed by atoms with E-state index in [1.54, 1.807) is 6.26 Å². The maximum absolute atomic E-state index is 9.31. The highest BCUT2D eigenvalue weighted by Crippen LogP contribution is 2.36. The highest BCUT2D eigenvalue weighted by molar-refractivity contribution is 5.52. The van der Waals surface area contributed by atoms with Crippen molar-refractivity contribution in [3.63, 3.8) is 0 Å². The van der Waals surface area contributed by atoms with Crippen molar-refractivity contribution >= 4 is 0 Å². The Morgan fingerprint density at radius 2 is 1.88 bits per heavy atom. The maximum atomic E-state index is 9.31. The number of fused-ring (bicyclic) bond motifs is 1. The Labute approximate surface area is 154 Å². The van der Waals surface area contributed by atoms with E-state index in [2.05, 4.69) is 34.1 Å². The molecule has 0 saturated heterocycles. The molecule has 0 spiro atoms. The third-order valence-electron chi connectivity index (χ3n) is 5.08. The first kappa shape index (κ1) is 17.0. The van der Waals surface area contributed by atoms with Crippen LogP contribution in [0.2, 0.25) is 0 Å². The van der Waals surface area contributed by atoms with Crippen molar-refractivity contribution in [3.8, 4) is 11.5 Å². The van der Waals surface area contributed by atoms with E-state index in [0.717, 1.165) is 43.6 Å². The normalized spacial score (nSPS) is 16.2. The summed E-state index contributed by atoms with van der Waals surface area (Å²) in [5.41, 5.74) is 4.78. The number of rotatable bonds is 7. The number of aliphatic hydroxyl groups is 1. The summed E-state index contributed by atoms with van der Waals surface area (Å²) in [6.07, 6.45) is 4.76. The molecule has 0 fully saturated rings. The van der Waals surface area contributed by atoms with Gasteiger partial charge in [0, 0.05) is 31.3 Å². The lowest BCUT2D eigenvalue weighted by Crippen LogP contribution is -2.29. The summed E-state index contributed by atoms with van der Waals surface area (Å²) >= 11 is 0. The molecule has 0 saturated carbocycles. The number of nitrogens with zero attached hydrogens (tertiary/aromatic N) is 2. The van der Waals surface area contributed by atoms with Crippen molar-refractivity contribution < 1.29 is 9.52 Å². The molecule has 4 rings (SSSR count). The quantitative estimate of drug-likeness (QED) is 0.695. The van der Waals surface area contributed by atoms with Gasteiger partial charge in [-0.15, -0.1) is 0 Å². The van der Waals surface area contributed by atoms with Crippen molar-refractivity contribution in [1.82, 2.24) is 9.88 Å². The number of aryl methyl sites for hydroxylation is 1. The molecule has 0 amide bonds. The molecule has 1 aromatic heterocycles. The minimum Gasteiger partial charge on any atom is -0.444 e. The van der Waals surface area contributed by atoms with Crippen molar-refractivity contribution in [3.05, 3.63) is 77.7 Å². The number of hydrogen-bond acceptors (Lipinski definition) is 4. The van der Waals surface area contributed by atoms with Crippen LogP contribution in [0, 0.1) is 0 Å². The van der Waals surface area contributed by atoms with Gasteiger partial charge in [-0.3, -0.25) is 4.90 Å². The minimum atomic E-state index is 0.207. The van der Waals surface area contributed by atoms with E-state index < -0.39 is 0 Å². The average molecular weight is 348 g/mol. The molecule has 1 aliphatic rings. The van der Waals surface area contributed by atoms with Crippen molar-refractivity contribution in [2.45, 2.75) is 31.8 Å². The number of aliphatic hydroxyl groups excluding tert-OH is 1. The molecule has 1 atom stereocenters. The third kappa shape index (κ3) is 3.57. The molecular formula is C22H24N2O2. The predicted molar refractivity (Wildman–Crippen MR) is 102 cm³/mol. The Bertz CT molecular complexity index is 844. The topological polar surface area (TPSA) is 49.5 Å². The summed E-state index contributed by atoms with van der Waals surface area (Å²) in [5.74, 6) is 0.662. The summed E-state index contributed by atoms with van der Waals surface area (Å²) in [6.45, 7) is 1.79. The van der Waals surface area contributed by atoms with Gasteiger partial charge in [-0.05, 0) is 42.5 Å². The van der Waals surface area contributed by atoms with Crippen LogP contribution in [0.1, 0.15) is 35.7 Å². The lowest BCUT2D eigenvalue weighted by atomic mass is 10.1. The van der Waals surface area contributed by atoms with Crippen LogP contribution in [0.5, 0.6) is 0 Å². The zero-order valence-corrected chi connectivity index (χ0v) is 14.8. The molecule has 1 heterocycles. The summed E-state index contributed by atoms with van der Waals surface area (Å²) in [4.78, 5) is 7.11. The zero-order chi connectivity index (χ0) is 17.8. The molecule has 26 heavy (non-hydrogen) atoms. The zero-order valence-electron chi connectivity index (χ0n) is 14.8. The standard InChI is InChI=1S/C22H24N2O2/c25-14-6-13-24(21-12-11-17-7-4-5-10-20(17)21)15-19-16-26-22(23-19)18-8-2-1-3-9-18/h1-5,7-10,16,21,25H,6,11-15H2. The molecule has 0 aliphatic heterocycles. The Morgan fingerprint density at radius 1 is 1.08 bits per heavy atom. The summed E-state index contributed by atoms with van der Waals surface area (Å²) in [6, 6.07) is 19.0. The molecule has 3 aromatic rings. The van der Waals surface area contributed by atoms with Crippen LogP contribution >= 0.6 is 0 Å². The Kier molecular flexibility index (Phi) is 5.14. The van der Waals surface area contributed by atoms with E-state index in [1.807, 2.05) is 30.3 Å². The van der Waals surface area contributed by atoms with Gasteiger partial charge in [0.25, 0.3) is 0 Å². The Morgan fingerprint density at radius 3 is 2.73 bits per heavy atom. The van der Waals surface area contributed by atoms with Crippen molar-refractivity contribution in [2.24, 2.45) is 0 Å². The molecule has 4 nitrogen and oxygen atoms in total. The van der Waals surface area contributed by atoms with E-state index in [4.69, 9.17) is 4.42 Å². The van der Waals surface area contributed by atoms with Gasteiger partial charge < -0.3 is 9.52 Å². The van der Waals surface area contributed by atoms with Crippen LogP contribution in [0.4, 0.5) is 0 Å². The van der Waals surface area contributed by atoms with Gasteiger partial charge in [-0.25, -0.2) is 4.98 Å². The number of benzene rings is 2. The van der Waals surface area contributed by atoms with Crippen LogP contribution in [0.25, 0.3) is 11.5 Å². The lowest BCUT2D eigenvalue weighted by molar-refractivity contribution is 0.164. The van der Waals surface area contributed by atoms with Gasteiger partial charge in [0.2, 0.25) is 5.89 Å². The van der Waals surface area contributed by atoms with E-state index in [1.165, 1.54) is 11.1 Å². The first-order chi connectivity index (χ1) is 12.8. The fourth-order valence-electron chi connectivity index (χ4n) is 3.83. The number of aromatic nitrogens is 1. The maximum Gasteiger partial charge on any atom is 0.226 e. The second-order valence-electron chi connectivity index (χ2n) is 6.81. The molecule has 0 radical (unpaired) electrons. The van der Waals surface area contributed by atoms with Crippen LogP contribution < -0.4 is 0 Å². The summed E-state index contributed by atoms with van der Waals surface area (Å²) < 4.78 is 5.70. The third-order valence-corrected chi connectivity index (χ3v) is 5.08. The fourth-order valence-corrected chi connectivity index (χ4v) is 3.83. The predicted octanol–water partition coefficient (Wildman–Crippen LogP) is 4.21. The van der Waals surface area contributed by atoms with Gasteiger partial charge in [-0.1, -0.05) is 42.5 Å². The molecule has 1 unspecified atom stereocenters. The van der Waals surface area contributed by atoms with Gasteiger partial charge in [0.05, 0.1) is 5.69 Å². The SMILES string of the molecule is OCCCN(Cc1coc(-c2ccccc2)n1)C1CCc2ccccc21. The van der Waals surface area contributed by atoms with Gasteiger partial charge in [0.15, 0.2) is 0 Å². The summed E-state index contributed by atoms with van der Waals surface area (Å²) in [7, 11) is 0. The first-order valence-corrected chi connectivity index (χ1v) is 9.27. The molecule has 4 heteroatoms. The molecular weight excluding hydrogens is 324 g/mol. The molecule has 2 aromatic carbocycles. The molecule has 1 aliphatic carbocycles. The van der Waals surface area contributed by atoms with Crippen LogP contribution in [0.15, 0.2) is 65.3 Å². The largest absolute Gasteiger partial charge is 0.444 e.